The molecule has 1 aliphatic carbocycles. The van der Waals surface area contributed by atoms with Gasteiger partial charge in [0, 0.05) is 24.8 Å². The second-order valence-electron chi connectivity index (χ2n) is 5.96. The fraction of sp³-hybridized carbons (Fsp3) is 0.389. The van der Waals surface area contributed by atoms with E-state index in [9.17, 15) is 0 Å². The van der Waals surface area contributed by atoms with Crippen LogP contribution in [0.4, 0.5) is 0 Å². The van der Waals surface area contributed by atoms with Gasteiger partial charge < -0.3 is 10.1 Å². The fourth-order valence-electron chi connectivity index (χ4n) is 2.39. The van der Waals surface area contributed by atoms with Crippen molar-refractivity contribution in [1.82, 2.24) is 10.3 Å². The Balaban J connectivity index is 1.76. The van der Waals surface area contributed by atoms with E-state index in [0.717, 1.165) is 12.3 Å². The van der Waals surface area contributed by atoms with Gasteiger partial charge in [-0.15, -0.1) is 0 Å². The first-order valence-corrected chi connectivity index (χ1v) is 7.56. The molecule has 1 aromatic heterocycles. The first-order chi connectivity index (χ1) is 10.1. The van der Waals surface area contributed by atoms with Gasteiger partial charge in [0.2, 0.25) is 5.88 Å². The summed E-state index contributed by atoms with van der Waals surface area (Å²) in [5.41, 5.74) is 4.84. The lowest BCUT2D eigenvalue weighted by Gasteiger charge is -2.12. The van der Waals surface area contributed by atoms with Gasteiger partial charge in [0.05, 0.1) is 0 Å². The van der Waals surface area contributed by atoms with Crippen LogP contribution in [0.25, 0.3) is 0 Å². The van der Waals surface area contributed by atoms with Crippen LogP contribution in [0.5, 0.6) is 11.6 Å². The Hall–Kier alpha value is -1.87. The lowest BCUT2D eigenvalue weighted by molar-refractivity contribution is 0.457. The molecule has 3 heteroatoms. The van der Waals surface area contributed by atoms with Crippen LogP contribution in [0.2, 0.25) is 0 Å². The molecule has 110 valence electrons. The van der Waals surface area contributed by atoms with E-state index in [4.69, 9.17) is 4.74 Å². The summed E-state index contributed by atoms with van der Waals surface area (Å²) in [6.45, 7) is 7.17. The first kappa shape index (κ1) is 14.1. The largest absolute Gasteiger partial charge is 0.439 e. The minimum Gasteiger partial charge on any atom is -0.439 e. The van der Waals surface area contributed by atoms with Gasteiger partial charge in [-0.3, -0.25) is 0 Å². The third-order valence-electron chi connectivity index (χ3n) is 3.95. The molecule has 1 N–H and O–H groups in total. The lowest BCUT2D eigenvalue weighted by atomic mass is 10.1. The third-order valence-corrected chi connectivity index (χ3v) is 3.95. The first-order valence-electron chi connectivity index (χ1n) is 7.56. The molecule has 0 spiro atoms. The van der Waals surface area contributed by atoms with E-state index in [1.165, 1.54) is 35.1 Å². The normalized spacial score (nSPS) is 14.2. The number of rotatable bonds is 5. The molecule has 0 atom stereocenters. The van der Waals surface area contributed by atoms with E-state index in [-0.39, 0.29) is 0 Å². The molecule has 3 nitrogen and oxygen atoms in total. The minimum atomic E-state index is 0.665. The summed E-state index contributed by atoms with van der Waals surface area (Å²) >= 11 is 0. The van der Waals surface area contributed by atoms with Gasteiger partial charge in [-0.05, 0) is 68.0 Å². The highest BCUT2D eigenvalue weighted by Gasteiger charge is 2.20. The third kappa shape index (κ3) is 3.61. The number of hydrogen-bond acceptors (Lipinski definition) is 3. The summed E-state index contributed by atoms with van der Waals surface area (Å²) in [7, 11) is 0. The zero-order valence-electron chi connectivity index (χ0n) is 12.9. The van der Waals surface area contributed by atoms with Crippen LogP contribution < -0.4 is 10.1 Å². The second kappa shape index (κ2) is 5.86. The van der Waals surface area contributed by atoms with E-state index < -0.39 is 0 Å². The van der Waals surface area contributed by atoms with Crippen LogP contribution in [0.15, 0.2) is 30.5 Å². The molecule has 1 saturated carbocycles. The van der Waals surface area contributed by atoms with Gasteiger partial charge in [-0.2, -0.15) is 0 Å². The average molecular weight is 282 g/mol. The summed E-state index contributed by atoms with van der Waals surface area (Å²) in [5, 5.41) is 3.51. The SMILES string of the molecule is Cc1cc(C)c(C)c(Oc2cc(CNC3CC3)ccn2)c1. The van der Waals surface area contributed by atoms with Gasteiger partial charge in [0.25, 0.3) is 0 Å². The Kier molecular flexibility index (Phi) is 3.93. The van der Waals surface area contributed by atoms with E-state index >= 15 is 0 Å². The standard InChI is InChI=1S/C18H22N2O/c1-12-8-13(2)14(3)17(9-12)21-18-10-15(6-7-19-18)11-20-16-4-5-16/h6-10,16,20H,4-5,11H2,1-3H3. The van der Waals surface area contributed by atoms with Crippen LogP contribution in [0, 0.1) is 20.8 Å². The van der Waals surface area contributed by atoms with Crippen molar-refractivity contribution in [3.05, 3.63) is 52.7 Å². The summed E-state index contributed by atoms with van der Waals surface area (Å²) < 4.78 is 6.00. The molecular formula is C18H22N2O. The summed E-state index contributed by atoms with van der Waals surface area (Å²) in [5.74, 6) is 1.56. The van der Waals surface area contributed by atoms with Crippen molar-refractivity contribution in [3.8, 4) is 11.6 Å². The number of benzene rings is 1. The number of ether oxygens (including phenoxy) is 1. The number of hydrogen-bond donors (Lipinski definition) is 1. The number of nitrogens with zero attached hydrogens (tertiary/aromatic N) is 1. The van der Waals surface area contributed by atoms with E-state index in [2.05, 4.69) is 43.2 Å². The molecule has 0 unspecified atom stereocenters. The van der Waals surface area contributed by atoms with Gasteiger partial charge in [-0.1, -0.05) is 6.07 Å². The Morgan fingerprint density at radius 2 is 2.00 bits per heavy atom. The molecule has 0 radical (unpaired) electrons. The van der Waals surface area contributed by atoms with Crippen LogP contribution in [0.3, 0.4) is 0 Å². The van der Waals surface area contributed by atoms with Crippen LogP contribution in [-0.4, -0.2) is 11.0 Å². The molecule has 1 fully saturated rings. The van der Waals surface area contributed by atoms with Crippen molar-refractivity contribution >= 4 is 0 Å². The highest BCUT2D eigenvalue weighted by atomic mass is 16.5. The predicted molar refractivity (Wildman–Crippen MR) is 84.8 cm³/mol. The number of aromatic nitrogens is 1. The average Bonchev–Trinajstić information content (AvgIpc) is 3.27. The van der Waals surface area contributed by atoms with Gasteiger partial charge in [-0.25, -0.2) is 4.98 Å². The highest BCUT2D eigenvalue weighted by Crippen LogP contribution is 2.28. The zero-order chi connectivity index (χ0) is 14.8. The molecule has 2 aromatic rings. The molecule has 3 rings (SSSR count). The van der Waals surface area contributed by atoms with E-state index in [1.807, 2.05) is 18.3 Å². The van der Waals surface area contributed by atoms with Gasteiger partial charge in [0.15, 0.2) is 0 Å². The Morgan fingerprint density at radius 1 is 1.19 bits per heavy atom. The maximum Gasteiger partial charge on any atom is 0.219 e. The molecule has 21 heavy (non-hydrogen) atoms. The molecule has 0 amide bonds. The number of pyridine rings is 1. The van der Waals surface area contributed by atoms with Crippen molar-refractivity contribution in [2.75, 3.05) is 0 Å². The Labute approximate surface area is 126 Å². The second-order valence-corrected chi connectivity index (χ2v) is 5.96. The smallest absolute Gasteiger partial charge is 0.219 e. The molecular weight excluding hydrogens is 260 g/mol. The Morgan fingerprint density at radius 3 is 2.76 bits per heavy atom. The fourth-order valence-corrected chi connectivity index (χ4v) is 2.39. The van der Waals surface area contributed by atoms with Gasteiger partial charge in [0.1, 0.15) is 5.75 Å². The van der Waals surface area contributed by atoms with Gasteiger partial charge >= 0.3 is 0 Å². The van der Waals surface area contributed by atoms with Crippen LogP contribution >= 0.6 is 0 Å². The van der Waals surface area contributed by atoms with Crippen molar-refractivity contribution < 1.29 is 4.74 Å². The van der Waals surface area contributed by atoms with Crippen molar-refractivity contribution in [3.63, 3.8) is 0 Å². The monoisotopic (exact) mass is 282 g/mol. The predicted octanol–water partition coefficient (Wildman–Crippen LogP) is 4.05. The summed E-state index contributed by atoms with van der Waals surface area (Å²) in [6.07, 6.45) is 4.42. The molecule has 0 aliphatic heterocycles. The molecule has 1 aromatic carbocycles. The van der Waals surface area contributed by atoms with Crippen molar-refractivity contribution in [2.45, 2.75) is 46.2 Å². The maximum absolute atomic E-state index is 6.00. The quantitative estimate of drug-likeness (QED) is 0.898. The van der Waals surface area contributed by atoms with Crippen LogP contribution in [0.1, 0.15) is 35.1 Å². The summed E-state index contributed by atoms with van der Waals surface area (Å²) in [6, 6.07) is 9.01. The topological polar surface area (TPSA) is 34.1 Å². The highest BCUT2D eigenvalue weighted by molar-refractivity contribution is 5.43. The number of aryl methyl sites for hydroxylation is 2. The van der Waals surface area contributed by atoms with Crippen molar-refractivity contribution in [1.29, 1.82) is 0 Å². The van der Waals surface area contributed by atoms with E-state index in [0.29, 0.717) is 11.9 Å². The van der Waals surface area contributed by atoms with E-state index in [1.54, 1.807) is 0 Å². The zero-order valence-corrected chi connectivity index (χ0v) is 12.9. The lowest BCUT2D eigenvalue weighted by Crippen LogP contribution is -2.15. The molecule has 1 aliphatic rings. The molecule has 1 heterocycles. The summed E-state index contributed by atoms with van der Waals surface area (Å²) in [4.78, 5) is 4.33. The van der Waals surface area contributed by atoms with Crippen LogP contribution in [-0.2, 0) is 6.54 Å². The molecule has 0 saturated heterocycles. The Bertz CT molecular complexity index is 648. The maximum atomic E-state index is 6.00. The minimum absolute atomic E-state index is 0.665. The number of nitrogens with one attached hydrogen (secondary N) is 1. The van der Waals surface area contributed by atoms with Crippen molar-refractivity contribution in [2.24, 2.45) is 0 Å². The molecule has 0 bridgehead atoms.